The number of aryl methyl sites for hydroxylation is 1. The van der Waals surface area contributed by atoms with Crippen LogP contribution in [0, 0.1) is 12.3 Å². The van der Waals surface area contributed by atoms with E-state index >= 15 is 0 Å². The van der Waals surface area contributed by atoms with Gasteiger partial charge in [-0.05, 0) is 31.2 Å². The smallest absolute Gasteiger partial charge is 0.243 e. The molecular weight excluding hydrogens is 256 g/mol. The topological polar surface area (TPSA) is 77.5 Å². The van der Waals surface area contributed by atoms with Crippen molar-refractivity contribution in [2.45, 2.75) is 46.3 Å². The van der Waals surface area contributed by atoms with E-state index in [4.69, 9.17) is 10.5 Å². The van der Waals surface area contributed by atoms with E-state index in [-0.39, 0.29) is 18.1 Å². The fraction of sp³-hybridized carbons (Fsp3) is 0.667. The van der Waals surface area contributed by atoms with Crippen LogP contribution in [0.5, 0.6) is 0 Å². The molecule has 1 aliphatic carbocycles. The van der Waals surface area contributed by atoms with Crippen molar-refractivity contribution < 1.29 is 14.6 Å². The summed E-state index contributed by atoms with van der Waals surface area (Å²) in [6.45, 7) is 7.46. The van der Waals surface area contributed by atoms with Crippen molar-refractivity contribution in [3.05, 3.63) is 23.0 Å². The van der Waals surface area contributed by atoms with Crippen molar-refractivity contribution in [2.75, 3.05) is 13.2 Å². The number of nitrogens with two attached hydrogens (primary N) is 1. The van der Waals surface area contributed by atoms with Gasteiger partial charge in [-0.25, -0.2) is 0 Å². The molecule has 1 heterocycles. The van der Waals surface area contributed by atoms with Crippen molar-refractivity contribution in [2.24, 2.45) is 11.1 Å². The molecule has 0 saturated carbocycles. The zero-order valence-electron chi connectivity index (χ0n) is 12.5. The van der Waals surface area contributed by atoms with E-state index < -0.39 is 5.91 Å². The molecule has 0 saturated heterocycles. The second-order valence-corrected chi connectivity index (χ2v) is 6.42. The molecule has 1 atom stereocenters. The Balaban J connectivity index is 2.12. The Morgan fingerprint density at radius 2 is 2.30 bits per heavy atom. The third kappa shape index (κ3) is 3.22. The van der Waals surface area contributed by atoms with E-state index in [0.717, 1.165) is 24.1 Å². The summed E-state index contributed by atoms with van der Waals surface area (Å²) in [6, 6.07) is 2.06. The summed E-state index contributed by atoms with van der Waals surface area (Å²) in [5.41, 5.74) is 8.49. The fourth-order valence-corrected chi connectivity index (χ4v) is 3.04. The van der Waals surface area contributed by atoms with Gasteiger partial charge in [0.25, 0.3) is 0 Å². The summed E-state index contributed by atoms with van der Waals surface area (Å²) in [7, 11) is 0. The average Bonchev–Trinajstić information content (AvgIpc) is 2.60. The van der Waals surface area contributed by atoms with Crippen molar-refractivity contribution in [1.29, 1.82) is 0 Å². The van der Waals surface area contributed by atoms with Gasteiger partial charge in [-0.1, -0.05) is 13.8 Å². The second-order valence-electron chi connectivity index (χ2n) is 6.42. The average molecular weight is 280 g/mol. The molecule has 0 fully saturated rings. The molecule has 3 N–H and O–H groups in total. The van der Waals surface area contributed by atoms with Crippen LogP contribution in [0.4, 0.5) is 0 Å². The predicted molar refractivity (Wildman–Crippen MR) is 76.2 cm³/mol. The van der Waals surface area contributed by atoms with E-state index in [1.807, 2.05) is 6.92 Å². The maximum atomic E-state index is 10.6. The lowest BCUT2D eigenvalue weighted by molar-refractivity contribution is -0.122. The Morgan fingerprint density at radius 3 is 2.95 bits per heavy atom. The number of ether oxygens (including phenoxy) is 1. The van der Waals surface area contributed by atoms with Gasteiger partial charge in [0.05, 0.1) is 12.7 Å². The Morgan fingerprint density at radius 1 is 1.60 bits per heavy atom. The normalized spacial score (nSPS) is 20.7. The first-order valence-corrected chi connectivity index (χ1v) is 7.03. The van der Waals surface area contributed by atoms with Gasteiger partial charge >= 0.3 is 0 Å². The van der Waals surface area contributed by atoms with Crippen LogP contribution in [-0.2, 0) is 22.5 Å². The monoisotopic (exact) mass is 280 g/mol. The van der Waals surface area contributed by atoms with Crippen LogP contribution < -0.4 is 5.73 Å². The Labute approximate surface area is 119 Å². The molecule has 0 bridgehead atoms. The van der Waals surface area contributed by atoms with Gasteiger partial charge < -0.3 is 20.1 Å². The van der Waals surface area contributed by atoms with Crippen molar-refractivity contribution >= 4 is 5.91 Å². The Bertz CT molecular complexity index is 505. The highest BCUT2D eigenvalue weighted by atomic mass is 16.5. The van der Waals surface area contributed by atoms with Crippen molar-refractivity contribution in [1.82, 2.24) is 4.57 Å². The standard InChI is InChI=1S/C15H24N2O3/c1-10-6-11-12(7-15(2,3)8-13(11)18)17(10)4-5-20-9-14(16)19/h6,13,18H,4-5,7-9H2,1-3H3,(H2,16,19). The molecule has 0 aliphatic heterocycles. The quantitative estimate of drug-likeness (QED) is 0.798. The SMILES string of the molecule is Cc1cc2c(n1CCOCC(N)=O)CC(C)(C)CC2O. The Kier molecular flexibility index (Phi) is 4.20. The molecule has 0 radical (unpaired) electrons. The first-order chi connectivity index (χ1) is 9.30. The minimum Gasteiger partial charge on any atom is -0.388 e. The van der Waals surface area contributed by atoms with Gasteiger partial charge in [-0.2, -0.15) is 0 Å². The summed E-state index contributed by atoms with van der Waals surface area (Å²) in [5.74, 6) is -0.451. The number of nitrogens with zero attached hydrogens (tertiary/aromatic N) is 1. The molecular formula is C15H24N2O3. The minimum absolute atomic E-state index is 0.0450. The lowest BCUT2D eigenvalue weighted by Crippen LogP contribution is -2.27. The highest BCUT2D eigenvalue weighted by Crippen LogP contribution is 2.41. The molecule has 1 amide bonds. The van der Waals surface area contributed by atoms with Crippen LogP contribution in [0.3, 0.4) is 0 Å². The number of hydrogen-bond donors (Lipinski definition) is 2. The minimum atomic E-state index is -0.451. The molecule has 1 aromatic rings. The molecule has 2 rings (SSSR count). The van der Waals surface area contributed by atoms with E-state index in [1.165, 1.54) is 5.69 Å². The number of amides is 1. The molecule has 0 spiro atoms. The van der Waals surface area contributed by atoms with Gasteiger partial charge in [0.1, 0.15) is 6.61 Å². The summed E-state index contributed by atoms with van der Waals surface area (Å²) in [5, 5.41) is 10.3. The van der Waals surface area contributed by atoms with Crippen molar-refractivity contribution in [3.8, 4) is 0 Å². The van der Waals surface area contributed by atoms with Crippen LogP contribution in [0.2, 0.25) is 0 Å². The molecule has 5 heteroatoms. The third-order valence-corrected chi connectivity index (χ3v) is 3.90. The maximum Gasteiger partial charge on any atom is 0.243 e. The largest absolute Gasteiger partial charge is 0.388 e. The molecule has 1 unspecified atom stereocenters. The summed E-state index contributed by atoms with van der Waals surface area (Å²) in [6.07, 6.45) is 1.35. The van der Waals surface area contributed by atoms with E-state index in [2.05, 4.69) is 24.5 Å². The van der Waals surface area contributed by atoms with Crippen LogP contribution in [0.25, 0.3) is 0 Å². The second kappa shape index (κ2) is 5.58. The van der Waals surface area contributed by atoms with Gasteiger partial charge in [-0.3, -0.25) is 4.79 Å². The van der Waals surface area contributed by atoms with Crippen molar-refractivity contribution in [3.63, 3.8) is 0 Å². The first-order valence-electron chi connectivity index (χ1n) is 7.03. The zero-order chi connectivity index (χ0) is 14.9. The number of fused-ring (bicyclic) bond motifs is 1. The van der Waals surface area contributed by atoms with E-state index in [1.54, 1.807) is 0 Å². The number of aliphatic hydroxyl groups excluding tert-OH is 1. The summed E-state index contributed by atoms with van der Waals surface area (Å²) >= 11 is 0. The molecule has 1 aromatic heterocycles. The number of rotatable bonds is 5. The first kappa shape index (κ1) is 15.1. The summed E-state index contributed by atoms with van der Waals surface area (Å²) in [4.78, 5) is 10.6. The maximum absolute atomic E-state index is 10.6. The zero-order valence-corrected chi connectivity index (χ0v) is 12.5. The molecule has 112 valence electrons. The third-order valence-electron chi connectivity index (χ3n) is 3.90. The highest BCUT2D eigenvalue weighted by molar-refractivity contribution is 5.74. The fourth-order valence-electron chi connectivity index (χ4n) is 3.04. The number of hydrogen-bond acceptors (Lipinski definition) is 3. The van der Waals surface area contributed by atoms with Gasteiger partial charge in [0.15, 0.2) is 0 Å². The van der Waals surface area contributed by atoms with Crippen LogP contribution >= 0.6 is 0 Å². The number of aromatic nitrogens is 1. The highest BCUT2D eigenvalue weighted by Gasteiger charge is 2.33. The number of carbonyl (C=O) groups excluding carboxylic acids is 1. The lowest BCUT2D eigenvalue weighted by Gasteiger charge is -2.34. The van der Waals surface area contributed by atoms with Gasteiger partial charge in [-0.15, -0.1) is 0 Å². The van der Waals surface area contributed by atoms with Crippen LogP contribution in [-0.4, -0.2) is 28.8 Å². The number of aliphatic hydroxyl groups is 1. The predicted octanol–water partition coefficient (Wildman–Crippen LogP) is 1.30. The number of primary amides is 1. The van der Waals surface area contributed by atoms with Gasteiger partial charge in [0.2, 0.25) is 5.91 Å². The van der Waals surface area contributed by atoms with Crippen LogP contribution in [0.1, 0.15) is 43.3 Å². The lowest BCUT2D eigenvalue weighted by atomic mass is 9.75. The Hall–Kier alpha value is -1.33. The molecule has 0 aromatic carbocycles. The number of carbonyl (C=O) groups is 1. The molecule has 1 aliphatic rings. The molecule has 20 heavy (non-hydrogen) atoms. The summed E-state index contributed by atoms with van der Waals surface area (Å²) < 4.78 is 7.42. The van der Waals surface area contributed by atoms with E-state index in [9.17, 15) is 9.90 Å². The van der Waals surface area contributed by atoms with Crippen LogP contribution in [0.15, 0.2) is 6.07 Å². The van der Waals surface area contributed by atoms with Gasteiger partial charge in [0, 0.05) is 23.5 Å². The van der Waals surface area contributed by atoms with E-state index in [0.29, 0.717) is 13.2 Å². The molecule has 5 nitrogen and oxygen atoms in total.